The topological polar surface area (TPSA) is 50.4 Å². The molecule has 2 N–H and O–H groups in total. The van der Waals surface area contributed by atoms with Gasteiger partial charge in [0, 0.05) is 23.1 Å². The highest BCUT2D eigenvalue weighted by molar-refractivity contribution is 6.30. The molecule has 1 amide bonds. The molecule has 21 heavy (non-hydrogen) atoms. The van der Waals surface area contributed by atoms with E-state index in [0.29, 0.717) is 22.9 Å². The second-order valence-electron chi connectivity index (χ2n) is 5.62. The molecule has 2 fully saturated rings. The molecule has 2 unspecified atom stereocenters. The Morgan fingerprint density at radius 1 is 1.33 bits per heavy atom. The van der Waals surface area contributed by atoms with E-state index in [1.807, 2.05) is 0 Å². The second kappa shape index (κ2) is 7.34. The number of benzene rings is 1. The summed E-state index contributed by atoms with van der Waals surface area (Å²) in [5, 5.41) is 7.24. The van der Waals surface area contributed by atoms with Gasteiger partial charge in [0.15, 0.2) is 6.61 Å². The predicted molar refractivity (Wildman–Crippen MR) is 85.3 cm³/mol. The Balaban J connectivity index is 0.00000161. The summed E-state index contributed by atoms with van der Waals surface area (Å²) in [6, 6.07) is 8.52. The lowest BCUT2D eigenvalue weighted by Gasteiger charge is -2.29. The van der Waals surface area contributed by atoms with Crippen molar-refractivity contribution < 1.29 is 9.53 Å². The van der Waals surface area contributed by atoms with Crippen molar-refractivity contribution in [3.05, 3.63) is 29.3 Å². The number of ether oxygens (including phenoxy) is 1. The third-order valence-corrected chi connectivity index (χ3v) is 4.24. The molecule has 2 heterocycles. The molecular formula is C15H20Cl2N2O2. The number of hydrogen-bond acceptors (Lipinski definition) is 3. The maximum absolute atomic E-state index is 11.9. The molecule has 2 bridgehead atoms. The Kier molecular flexibility index (Phi) is 5.73. The van der Waals surface area contributed by atoms with E-state index < -0.39 is 0 Å². The Labute approximate surface area is 136 Å². The third kappa shape index (κ3) is 4.50. The maximum atomic E-state index is 11.9. The number of halogens is 2. The van der Waals surface area contributed by atoms with Crippen LogP contribution in [0.15, 0.2) is 24.3 Å². The van der Waals surface area contributed by atoms with Gasteiger partial charge in [-0.25, -0.2) is 0 Å². The van der Waals surface area contributed by atoms with Gasteiger partial charge in [-0.05, 0) is 43.9 Å². The molecule has 1 aromatic carbocycles. The number of hydrogen-bond donors (Lipinski definition) is 2. The van der Waals surface area contributed by atoms with Gasteiger partial charge >= 0.3 is 0 Å². The number of amides is 1. The van der Waals surface area contributed by atoms with Crippen LogP contribution < -0.4 is 15.4 Å². The molecule has 116 valence electrons. The van der Waals surface area contributed by atoms with Gasteiger partial charge < -0.3 is 15.4 Å². The van der Waals surface area contributed by atoms with E-state index in [4.69, 9.17) is 16.3 Å². The van der Waals surface area contributed by atoms with Gasteiger partial charge in [0.1, 0.15) is 5.75 Å². The molecule has 0 saturated carbocycles. The predicted octanol–water partition coefficient (Wildman–Crippen LogP) is 2.54. The van der Waals surface area contributed by atoms with Crippen molar-refractivity contribution in [3.8, 4) is 5.75 Å². The Morgan fingerprint density at radius 3 is 2.71 bits per heavy atom. The average Bonchev–Trinajstić information content (AvgIpc) is 2.76. The average molecular weight is 331 g/mol. The van der Waals surface area contributed by atoms with Crippen LogP contribution in [0, 0.1) is 0 Å². The van der Waals surface area contributed by atoms with Gasteiger partial charge in [-0.1, -0.05) is 17.7 Å². The molecule has 2 aliphatic rings. The van der Waals surface area contributed by atoms with Crippen molar-refractivity contribution in [2.24, 2.45) is 0 Å². The summed E-state index contributed by atoms with van der Waals surface area (Å²) >= 11 is 5.87. The van der Waals surface area contributed by atoms with Crippen LogP contribution in [-0.2, 0) is 4.79 Å². The second-order valence-corrected chi connectivity index (χ2v) is 6.06. The lowest BCUT2D eigenvalue weighted by Crippen LogP contribution is -2.48. The molecule has 2 saturated heterocycles. The molecule has 2 aliphatic heterocycles. The molecule has 0 aromatic heterocycles. The van der Waals surface area contributed by atoms with Gasteiger partial charge in [0.25, 0.3) is 5.91 Å². The van der Waals surface area contributed by atoms with E-state index in [2.05, 4.69) is 10.6 Å². The van der Waals surface area contributed by atoms with E-state index >= 15 is 0 Å². The van der Waals surface area contributed by atoms with Crippen LogP contribution in [-0.4, -0.2) is 30.6 Å². The summed E-state index contributed by atoms with van der Waals surface area (Å²) in [6.45, 7) is 0.0413. The zero-order chi connectivity index (χ0) is 13.9. The molecule has 3 rings (SSSR count). The Hall–Kier alpha value is -0.970. The standard InChI is InChI=1S/C15H19ClN2O2.ClH/c16-10-2-1-3-14(6-10)20-9-15(19)18-13-7-11-4-5-12(8-13)17-11;/h1-3,6,11-13,17H,4-5,7-9H2,(H,18,19);1H. The fraction of sp³-hybridized carbons (Fsp3) is 0.533. The lowest BCUT2D eigenvalue weighted by atomic mass is 10.00. The first-order valence-corrected chi connectivity index (χ1v) is 7.50. The van der Waals surface area contributed by atoms with Gasteiger partial charge in [-0.15, -0.1) is 12.4 Å². The quantitative estimate of drug-likeness (QED) is 0.891. The zero-order valence-corrected chi connectivity index (χ0v) is 13.3. The summed E-state index contributed by atoms with van der Waals surface area (Å²) in [4.78, 5) is 11.9. The zero-order valence-electron chi connectivity index (χ0n) is 11.7. The fourth-order valence-electron chi connectivity index (χ4n) is 3.15. The van der Waals surface area contributed by atoms with Crippen LogP contribution in [0.3, 0.4) is 0 Å². The first-order chi connectivity index (χ1) is 9.69. The fourth-order valence-corrected chi connectivity index (χ4v) is 3.33. The number of carbonyl (C=O) groups is 1. The van der Waals surface area contributed by atoms with Crippen LogP contribution in [0.4, 0.5) is 0 Å². The number of rotatable bonds is 4. The highest BCUT2D eigenvalue weighted by atomic mass is 35.5. The van der Waals surface area contributed by atoms with Crippen LogP contribution in [0.2, 0.25) is 5.02 Å². The monoisotopic (exact) mass is 330 g/mol. The van der Waals surface area contributed by atoms with Crippen molar-refractivity contribution in [1.29, 1.82) is 0 Å². The van der Waals surface area contributed by atoms with E-state index in [-0.39, 0.29) is 31.0 Å². The summed E-state index contributed by atoms with van der Waals surface area (Å²) in [7, 11) is 0. The smallest absolute Gasteiger partial charge is 0.258 e. The molecule has 1 aromatic rings. The number of nitrogens with one attached hydrogen (secondary N) is 2. The van der Waals surface area contributed by atoms with Crippen molar-refractivity contribution in [1.82, 2.24) is 10.6 Å². The van der Waals surface area contributed by atoms with Gasteiger partial charge in [0.05, 0.1) is 0 Å². The minimum atomic E-state index is -0.0590. The van der Waals surface area contributed by atoms with Gasteiger partial charge in [-0.3, -0.25) is 4.79 Å². The normalized spacial score (nSPS) is 26.8. The van der Waals surface area contributed by atoms with Crippen LogP contribution in [0.1, 0.15) is 25.7 Å². The van der Waals surface area contributed by atoms with Crippen molar-refractivity contribution >= 4 is 29.9 Å². The summed E-state index contributed by atoms with van der Waals surface area (Å²) < 4.78 is 5.45. The minimum absolute atomic E-state index is 0. The molecule has 4 nitrogen and oxygen atoms in total. The Bertz CT molecular complexity index is 486. The number of carbonyl (C=O) groups excluding carboxylic acids is 1. The minimum Gasteiger partial charge on any atom is -0.484 e. The summed E-state index contributed by atoms with van der Waals surface area (Å²) in [6.07, 6.45) is 4.52. The molecule has 2 atom stereocenters. The Morgan fingerprint density at radius 2 is 2.05 bits per heavy atom. The number of piperidine rings is 1. The van der Waals surface area contributed by atoms with Gasteiger partial charge in [-0.2, -0.15) is 0 Å². The highest BCUT2D eigenvalue weighted by Crippen LogP contribution is 2.26. The van der Waals surface area contributed by atoms with Gasteiger partial charge in [0.2, 0.25) is 0 Å². The molecule has 0 aliphatic carbocycles. The first kappa shape index (κ1) is 16.4. The number of fused-ring (bicyclic) bond motifs is 2. The van der Waals surface area contributed by atoms with Crippen molar-refractivity contribution in [3.63, 3.8) is 0 Å². The summed E-state index contributed by atoms with van der Waals surface area (Å²) in [5.74, 6) is 0.564. The highest BCUT2D eigenvalue weighted by Gasteiger charge is 2.33. The third-order valence-electron chi connectivity index (χ3n) is 4.00. The SMILES string of the molecule is Cl.O=C(COc1cccc(Cl)c1)NC1CC2CCC(C1)N2. The maximum Gasteiger partial charge on any atom is 0.258 e. The lowest BCUT2D eigenvalue weighted by molar-refractivity contribution is -0.124. The summed E-state index contributed by atoms with van der Waals surface area (Å²) in [5.41, 5.74) is 0. The van der Waals surface area contributed by atoms with Crippen LogP contribution in [0.25, 0.3) is 0 Å². The largest absolute Gasteiger partial charge is 0.484 e. The van der Waals surface area contributed by atoms with Crippen molar-refractivity contribution in [2.45, 2.75) is 43.8 Å². The van der Waals surface area contributed by atoms with Crippen LogP contribution in [0.5, 0.6) is 5.75 Å². The van der Waals surface area contributed by atoms with E-state index in [1.165, 1.54) is 12.8 Å². The molecule has 0 radical (unpaired) electrons. The van der Waals surface area contributed by atoms with Crippen LogP contribution >= 0.6 is 24.0 Å². The molecule has 6 heteroatoms. The first-order valence-electron chi connectivity index (χ1n) is 7.13. The van der Waals surface area contributed by atoms with E-state index in [1.54, 1.807) is 24.3 Å². The van der Waals surface area contributed by atoms with E-state index in [9.17, 15) is 4.79 Å². The molecular weight excluding hydrogens is 311 g/mol. The van der Waals surface area contributed by atoms with Crippen molar-refractivity contribution in [2.75, 3.05) is 6.61 Å². The van der Waals surface area contributed by atoms with E-state index in [0.717, 1.165) is 12.8 Å². The molecule has 0 spiro atoms.